The van der Waals surface area contributed by atoms with Crippen molar-refractivity contribution >= 4 is 15.8 Å². The van der Waals surface area contributed by atoms with Crippen LogP contribution in [0.3, 0.4) is 0 Å². The Morgan fingerprint density at radius 1 is 1.03 bits per heavy atom. The number of guanidine groups is 1. The minimum Gasteiger partial charge on any atom is -0.355 e. The number of rotatable bonds is 10. The minimum atomic E-state index is -3.20. The van der Waals surface area contributed by atoms with Gasteiger partial charge >= 0.3 is 0 Å². The second-order valence-electron chi connectivity index (χ2n) is 7.74. The highest BCUT2D eigenvalue weighted by atomic mass is 32.2. The summed E-state index contributed by atoms with van der Waals surface area (Å²) in [6.45, 7) is 9.54. The van der Waals surface area contributed by atoms with Gasteiger partial charge in [0, 0.05) is 32.4 Å². The zero-order valence-electron chi connectivity index (χ0n) is 19.4. The molecule has 2 rings (SSSR count). The second-order valence-corrected chi connectivity index (χ2v) is 9.73. The van der Waals surface area contributed by atoms with Gasteiger partial charge in [-0.15, -0.1) is 0 Å². The predicted octanol–water partition coefficient (Wildman–Crippen LogP) is 3.02. The van der Waals surface area contributed by atoms with E-state index in [4.69, 9.17) is 0 Å². The number of aryl methyl sites for hydroxylation is 1. The molecule has 2 aromatic rings. The number of nitrogens with zero attached hydrogens (tertiary/aromatic N) is 2. The van der Waals surface area contributed by atoms with Gasteiger partial charge in [-0.2, -0.15) is 0 Å². The molecule has 0 saturated carbocycles. The summed E-state index contributed by atoms with van der Waals surface area (Å²) < 4.78 is 23.6. The Balaban J connectivity index is 2.00. The largest absolute Gasteiger partial charge is 0.355 e. The first-order valence-electron chi connectivity index (χ1n) is 10.8. The van der Waals surface area contributed by atoms with Crippen molar-refractivity contribution in [3.63, 3.8) is 0 Å². The molecule has 7 heteroatoms. The van der Waals surface area contributed by atoms with E-state index in [9.17, 15) is 8.42 Å². The van der Waals surface area contributed by atoms with Crippen molar-refractivity contribution < 1.29 is 8.42 Å². The first kappa shape index (κ1) is 24.9. The van der Waals surface area contributed by atoms with Gasteiger partial charge in [-0.25, -0.2) is 8.42 Å². The molecule has 1 atom stereocenters. The first-order chi connectivity index (χ1) is 14.8. The molecule has 0 heterocycles. The molecule has 0 bridgehead atoms. The van der Waals surface area contributed by atoms with Crippen LogP contribution in [0.15, 0.2) is 58.4 Å². The Hall–Kier alpha value is -2.38. The van der Waals surface area contributed by atoms with Crippen LogP contribution in [0.2, 0.25) is 0 Å². The molecule has 0 amide bonds. The second kappa shape index (κ2) is 11.9. The lowest BCUT2D eigenvalue weighted by Crippen LogP contribution is -2.48. The van der Waals surface area contributed by atoms with E-state index in [2.05, 4.69) is 58.6 Å². The molecule has 0 fully saturated rings. The average molecular weight is 445 g/mol. The van der Waals surface area contributed by atoms with Gasteiger partial charge in [0.05, 0.1) is 4.90 Å². The number of nitrogens with one attached hydrogen (secondary N) is 2. The van der Waals surface area contributed by atoms with E-state index in [1.807, 2.05) is 25.1 Å². The third-order valence-corrected chi connectivity index (χ3v) is 6.73. The van der Waals surface area contributed by atoms with Gasteiger partial charge in [0.15, 0.2) is 15.8 Å². The van der Waals surface area contributed by atoms with Gasteiger partial charge in [0.1, 0.15) is 0 Å². The van der Waals surface area contributed by atoms with E-state index in [0.29, 0.717) is 17.5 Å². The predicted molar refractivity (Wildman–Crippen MR) is 129 cm³/mol. The van der Waals surface area contributed by atoms with Crippen LogP contribution >= 0.6 is 0 Å². The molecule has 1 unspecified atom stereocenters. The quantitative estimate of drug-likeness (QED) is 0.435. The SMILES string of the molecule is CCN(CC)C(CNC(=NC)NCc1ccc(S(C)(=O)=O)c(C)c1)Cc1ccccc1. The van der Waals surface area contributed by atoms with E-state index >= 15 is 0 Å². The van der Waals surface area contributed by atoms with Crippen LogP contribution in [0.5, 0.6) is 0 Å². The van der Waals surface area contributed by atoms with Crippen LogP contribution in [-0.4, -0.2) is 58.3 Å². The van der Waals surface area contributed by atoms with E-state index in [1.165, 1.54) is 11.8 Å². The summed E-state index contributed by atoms with van der Waals surface area (Å²) in [7, 11) is -1.44. The van der Waals surface area contributed by atoms with E-state index < -0.39 is 9.84 Å². The summed E-state index contributed by atoms with van der Waals surface area (Å²) in [6, 6.07) is 16.3. The molecule has 0 spiro atoms. The topological polar surface area (TPSA) is 73.8 Å². The Kier molecular flexibility index (Phi) is 9.52. The average Bonchev–Trinajstić information content (AvgIpc) is 2.74. The van der Waals surface area contributed by atoms with Gasteiger partial charge < -0.3 is 10.6 Å². The highest BCUT2D eigenvalue weighted by Gasteiger charge is 2.17. The molecule has 0 aliphatic heterocycles. The van der Waals surface area contributed by atoms with E-state index in [0.717, 1.165) is 43.1 Å². The fraction of sp³-hybridized carbons (Fsp3) is 0.458. The maximum absolute atomic E-state index is 11.8. The van der Waals surface area contributed by atoms with Crippen molar-refractivity contribution in [3.8, 4) is 0 Å². The molecule has 2 aromatic carbocycles. The lowest BCUT2D eigenvalue weighted by molar-refractivity contribution is 0.215. The summed E-state index contributed by atoms with van der Waals surface area (Å²) in [5.41, 5.74) is 3.09. The van der Waals surface area contributed by atoms with E-state index in [-0.39, 0.29) is 0 Å². The number of hydrogen-bond donors (Lipinski definition) is 2. The van der Waals surface area contributed by atoms with Crippen molar-refractivity contribution in [2.75, 3.05) is 32.9 Å². The maximum Gasteiger partial charge on any atom is 0.191 e. The highest BCUT2D eigenvalue weighted by Crippen LogP contribution is 2.16. The van der Waals surface area contributed by atoms with Gasteiger partial charge in [0.25, 0.3) is 0 Å². The van der Waals surface area contributed by atoms with Gasteiger partial charge in [0.2, 0.25) is 0 Å². The summed E-state index contributed by atoms with van der Waals surface area (Å²) in [5.74, 6) is 0.732. The third-order valence-electron chi connectivity index (χ3n) is 5.47. The Labute approximate surface area is 187 Å². The Morgan fingerprint density at radius 3 is 2.26 bits per heavy atom. The zero-order chi connectivity index (χ0) is 22.9. The number of aliphatic imine (C=N–C) groups is 1. The fourth-order valence-electron chi connectivity index (χ4n) is 3.81. The molecule has 31 heavy (non-hydrogen) atoms. The fourth-order valence-corrected chi connectivity index (χ4v) is 4.77. The van der Waals surface area contributed by atoms with Crippen LogP contribution in [0.25, 0.3) is 0 Å². The third kappa shape index (κ3) is 7.67. The Bertz CT molecular complexity index is 955. The van der Waals surface area contributed by atoms with Crippen molar-refractivity contribution in [3.05, 3.63) is 65.2 Å². The van der Waals surface area contributed by atoms with Crippen LogP contribution in [0.4, 0.5) is 0 Å². The zero-order valence-corrected chi connectivity index (χ0v) is 20.2. The summed E-state index contributed by atoms with van der Waals surface area (Å²) >= 11 is 0. The van der Waals surface area contributed by atoms with Gasteiger partial charge in [-0.3, -0.25) is 9.89 Å². The molecular formula is C24H36N4O2S. The molecule has 0 aliphatic rings. The molecule has 6 nitrogen and oxygen atoms in total. The first-order valence-corrected chi connectivity index (χ1v) is 12.7. The summed E-state index contributed by atoms with van der Waals surface area (Å²) in [6.07, 6.45) is 2.21. The highest BCUT2D eigenvalue weighted by molar-refractivity contribution is 7.90. The summed E-state index contributed by atoms with van der Waals surface area (Å²) in [5, 5.41) is 6.80. The van der Waals surface area contributed by atoms with Crippen molar-refractivity contribution in [2.24, 2.45) is 4.99 Å². The molecule has 0 saturated heterocycles. The molecule has 2 N–H and O–H groups in total. The normalized spacial score (nSPS) is 13.3. The van der Waals surface area contributed by atoms with Crippen LogP contribution < -0.4 is 10.6 Å². The molecule has 0 aromatic heterocycles. The van der Waals surface area contributed by atoms with E-state index in [1.54, 1.807) is 13.1 Å². The lowest BCUT2D eigenvalue weighted by atomic mass is 10.0. The number of hydrogen-bond acceptors (Lipinski definition) is 4. The van der Waals surface area contributed by atoms with Crippen molar-refractivity contribution in [2.45, 2.75) is 44.7 Å². The van der Waals surface area contributed by atoms with Crippen LogP contribution in [-0.2, 0) is 22.8 Å². The summed E-state index contributed by atoms with van der Waals surface area (Å²) in [4.78, 5) is 7.19. The standard InChI is InChI=1S/C24H36N4O2S/c1-6-28(7-2)22(16-20-11-9-8-10-12-20)18-27-24(25-4)26-17-21-13-14-23(19(3)15-21)31(5,29)30/h8-15,22H,6-7,16-18H2,1-5H3,(H2,25,26,27). The molecule has 170 valence electrons. The molecule has 0 radical (unpaired) electrons. The smallest absolute Gasteiger partial charge is 0.191 e. The van der Waals surface area contributed by atoms with Crippen molar-refractivity contribution in [1.29, 1.82) is 0 Å². The maximum atomic E-state index is 11.8. The lowest BCUT2D eigenvalue weighted by Gasteiger charge is -2.30. The number of likely N-dealkylation sites (N-methyl/N-ethyl adjacent to an activating group) is 1. The molecular weight excluding hydrogens is 408 g/mol. The van der Waals surface area contributed by atoms with Gasteiger partial charge in [-0.1, -0.05) is 56.3 Å². The van der Waals surface area contributed by atoms with Crippen LogP contribution in [0, 0.1) is 6.92 Å². The number of sulfone groups is 1. The minimum absolute atomic E-state index is 0.354. The number of benzene rings is 2. The Morgan fingerprint density at radius 2 is 1.71 bits per heavy atom. The van der Waals surface area contributed by atoms with Crippen molar-refractivity contribution in [1.82, 2.24) is 15.5 Å². The molecule has 0 aliphatic carbocycles. The van der Waals surface area contributed by atoms with Gasteiger partial charge in [-0.05, 0) is 49.2 Å². The monoisotopic (exact) mass is 444 g/mol. The van der Waals surface area contributed by atoms with Crippen LogP contribution in [0.1, 0.15) is 30.5 Å².